The summed E-state index contributed by atoms with van der Waals surface area (Å²) < 4.78 is 14.3. The SMILES string of the molecule is CCCN1C(=O)CCC(C(=O)O)C1c1cccc(Cl)c1F. The summed E-state index contributed by atoms with van der Waals surface area (Å²) in [7, 11) is 0. The van der Waals surface area contributed by atoms with E-state index in [4.69, 9.17) is 11.6 Å². The quantitative estimate of drug-likeness (QED) is 0.928. The predicted octanol–water partition coefficient (Wildman–Crippen LogP) is 3.25. The van der Waals surface area contributed by atoms with Gasteiger partial charge in [-0.25, -0.2) is 4.39 Å². The maximum Gasteiger partial charge on any atom is 0.308 e. The van der Waals surface area contributed by atoms with Gasteiger partial charge in [0, 0.05) is 18.5 Å². The highest BCUT2D eigenvalue weighted by atomic mass is 35.5. The Balaban J connectivity index is 2.51. The minimum Gasteiger partial charge on any atom is -0.481 e. The minimum atomic E-state index is -1.02. The van der Waals surface area contributed by atoms with E-state index in [1.54, 1.807) is 6.07 Å². The highest BCUT2D eigenvalue weighted by molar-refractivity contribution is 6.30. The van der Waals surface area contributed by atoms with E-state index in [0.29, 0.717) is 13.0 Å². The number of nitrogens with zero attached hydrogens (tertiary/aromatic N) is 1. The van der Waals surface area contributed by atoms with Gasteiger partial charge in [0.05, 0.1) is 17.0 Å². The molecule has 0 spiro atoms. The van der Waals surface area contributed by atoms with Crippen molar-refractivity contribution in [2.75, 3.05) is 6.54 Å². The largest absolute Gasteiger partial charge is 0.481 e. The maximum atomic E-state index is 14.3. The normalized spacial score (nSPS) is 22.4. The number of hydrogen-bond donors (Lipinski definition) is 1. The van der Waals surface area contributed by atoms with Crippen LogP contribution in [0.25, 0.3) is 0 Å². The van der Waals surface area contributed by atoms with Crippen LogP contribution in [-0.4, -0.2) is 28.4 Å². The van der Waals surface area contributed by atoms with Crippen molar-refractivity contribution < 1.29 is 19.1 Å². The highest BCUT2D eigenvalue weighted by Gasteiger charge is 2.41. The monoisotopic (exact) mass is 313 g/mol. The lowest BCUT2D eigenvalue weighted by molar-refractivity contribution is -0.152. The lowest BCUT2D eigenvalue weighted by Gasteiger charge is -2.39. The van der Waals surface area contributed by atoms with E-state index >= 15 is 0 Å². The van der Waals surface area contributed by atoms with E-state index in [-0.39, 0.29) is 29.3 Å². The Hall–Kier alpha value is -1.62. The van der Waals surface area contributed by atoms with E-state index < -0.39 is 23.7 Å². The number of rotatable bonds is 4. The first kappa shape index (κ1) is 15.8. The molecule has 1 aromatic carbocycles. The number of carboxylic acid groups (broad SMARTS) is 1. The molecule has 2 unspecified atom stereocenters. The molecule has 1 heterocycles. The zero-order valence-corrected chi connectivity index (χ0v) is 12.4. The molecule has 6 heteroatoms. The van der Waals surface area contributed by atoms with Gasteiger partial charge in [0.25, 0.3) is 0 Å². The first-order valence-corrected chi connectivity index (χ1v) is 7.31. The molecule has 4 nitrogen and oxygen atoms in total. The fourth-order valence-electron chi connectivity index (χ4n) is 2.85. The molecular formula is C15H17ClFNO3. The second kappa shape index (κ2) is 6.43. The van der Waals surface area contributed by atoms with Crippen molar-refractivity contribution in [1.29, 1.82) is 0 Å². The third-order valence-corrected chi connectivity index (χ3v) is 4.08. The minimum absolute atomic E-state index is 0.0638. The Labute approximate surface area is 127 Å². The Kier molecular flexibility index (Phi) is 4.83. The Morgan fingerprint density at radius 3 is 2.86 bits per heavy atom. The first-order chi connectivity index (χ1) is 9.97. The van der Waals surface area contributed by atoms with Crippen molar-refractivity contribution in [2.45, 2.75) is 32.2 Å². The van der Waals surface area contributed by atoms with Crippen molar-refractivity contribution >= 4 is 23.5 Å². The molecule has 1 aliphatic heterocycles. The third-order valence-electron chi connectivity index (χ3n) is 3.79. The molecule has 1 fully saturated rings. The second-order valence-corrected chi connectivity index (χ2v) is 5.57. The summed E-state index contributed by atoms with van der Waals surface area (Å²) in [5.74, 6) is -2.62. The number of piperidine rings is 1. The molecule has 1 saturated heterocycles. The van der Waals surface area contributed by atoms with E-state index in [1.165, 1.54) is 17.0 Å². The lowest BCUT2D eigenvalue weighted by Crippen LogP contribution is -2.46. The Bertz CT molecular complexity index is 564. The molecule has 21 heavy (non-hydrogen) atoms. The number of carbonyl (C=O) groups is 2. The van der Waals surface area contributed by atoms with Crippen LogP contribution in [0.4, 0.5) is 4.39 Å². The van der Waals surface area contributed by atoms with Gasteiger partial charge < -0.3 is 10.0 Å². The van der Waals surface area contributed by atoms with Crippen molar-refractivity contribution in [3.63, 3.8) is 0 Å². The summed E-state index contributed by atoms with van der Waals surface area (Å²) in [4.78, 5) is 25.1. The molecule has 1 aromatic rings. The number of hydrogen-bond acceptors (Lipinski definition) is 2. The summed E-state index contributed by atoms with van der Waals surface area (Å²) >= 11 is 5.80. The molecule has 2 rings (SSSR count). The lowest BCUT2D eigenvalue weighted by atomic mass is 9.84. The Morgan fingerprint density at radius 1 is 1.52 bits per heavy atom. The van der Waals surface area contributed by atoms with Gasteiger partial charge in [0.1, 0.15) is 5.82 Å². The van der Waals surface area contributed by atoms with Gasteiger partial charge in [-0.15, -0.1) is 0 Å². The third kappa shape index (κ3) is 3.02. The van der Waals surface area contributed by atoms with E-state index in [9.17, 15) is 19.1 Å². The van der Waals surface area contributed by atoms with Gasteiger partial charge in [-0.1, -0.05) is 30.7 Å². The summed E-state index contributed by atoms with van der Waals surface area (Å²) in [6.07, 6.45) is 1.07. The average Bonchev–Trinajstić information content (AvgIpc) is 2.44. The zero-order chi connectivity index (χ0) is 15.6. The van der Waals surface area contributed by atoms with Crippen LogP contribution in [0, 0.1) is 11.7 Å². The molecular weight excluding hydrogens is 297 g/mol. The fraction of sp³-hybridized carbons (Fsp3) is 0.467. The van der Waals surface area contributed by atoms with E-state index in [0.717, 1.165) is 0 Å². The molecule has 0 saturated carbocycles. The summed E-state index contributed by atoms with van der Waals surface area (Å²) in [6.45, 7) is 2.29. The first-order valence-electron chi connectivity index (χ1n) is 6.93. The average molecular weight is 314 g/mol. The molecule has 1 N–H and O–H groups in total. The van der Waals surface area contributed by atoms with Gasteiger partial charge in [0.2, 0.25) is 5.91 Å². The number of carbonyl (C=O) groups excluding carboxylic acids is 1. The molecule has 2 atom stereocenters. The smallest absolute Gasteiger partial charge is 0.308 e. The molecule has 1 aliphatic rings. The summed E-state index contributed by atoms with van der Waals surface area (Å²) in [6, 6.07) is 3.68. The summed E-state index contributed by atoms with van der Waals surface area (Å²) in [5, 5.41) is 9.35. The van der Waals surface area contributed by atoms with Crippen molar-refractivity contribution in [1.82, 2.24) is 4.90 Å². The van der Waals surface area contributed by atoms with Crippen LogP contribution in [0.2, 0.25) is 5.02 Å². The molecule has 0 aliphatic carbocycles. The molecule has 0 radical (unpaired) electrons. The standard InChI is InChI=1S/C15H17ClFNO3/c1-2-8-18-12(19)7-6-10(15(20)21)14(18)9-4-3-5-11(16)13(9)17/h3-5,10,14H,2,6-8H2,1H3,(H,20,21). The van der Waals surface area contributed by atoms with E-state index in [2.05, 4.69) is 0 Å². The van der Waals surface area contributed by atoms with Crippen LogP contribution in [0.5, 0.6) is 0 Å². The number of halogens is 2. The molecule has 114 valence electrons. The van der Waals surface area contributed by atoms with Crippen molar-refractivity contribution in [3.8, 4) is 0 Å². The maximum absolute atomic E-state index is 14.3. The molecule has 1 amide bonds. The van der Waals surface area contributed by atoms with Crippen LogP contribution < -0.4 is 0 Å². The van der Waals surface area contributed by atoms with Crippen LogP contribution >= 0.6 is 11.6 Å². The zero-order valence-electron chi connectivity index (χ0n) is 11.7. The number of amides is 1. The predicted molar refractivity (Wildman–Crippen MR) is 76.5 cm³/mol. The molecule has 0 bridgehead atoms. The number of likely N-dealkylation sites (tertiary alicyclic amines) is 1. The number of carboxylic acids is 1. The van der Waals surface area contributed by atoms with Gasteiger partial charge >= 0.3 is 5.97 Å². The summed E-state index contributed by atoms with van der Waals surface area (Å²) in [5.41, 5.74) is 0.177. The van der Waals surface area contributed by atoms with Crippen molar-refractivity contribution in [3.05, 3.63) is 34.6 Å². The Morgan fingerprint density at radius 2 is 2.24 bits per heavy atom. The van der Waals surface area contributed by atoms with Gasteiger partial charge in [0.15, 0.2) is 0 Å². The van der Waals surface area contributed by atoms with Gasteiger partial charge in [-0.2, -0.15) is 0 Å². The topological polar surface area (TPSA) is 57.6 Å². The van der Waals surface area contributed by atoms with Gasteiger partial charge in [-0.05, 0) is 18.9 Å². The van der Waals surface area contributed by atoms with Crippen LogP contribution in [0.1, 0.15) is 37.8 Å². The van der Waals surface area contributed by atoms with Crippen LogP contribution in [0.3, 0.4) is 0 Å². The molecule has 0 aromatic heterocycles. The number of benzene rings is 1. The highest BCUT2D eigenvalue weighted by Crippen LogP contribution is 2.39. The van der Waals surface area contributed by atoms with Crippen LogP contribution in [0.15, 0.2) is 18.2 Å². The number of aliphatic carboxylic acids is 1. The second-order valence-electron chi connectivity index (χ2n) is 5.16. The van der Waals surface area contributed by atoms with Crippen LogP contribution in [-0.2, 0) is 9.59 Å². The van der Waals surface area contributed by atoms with Crippen molar-refractivity contribution in [2.24, 2.45) is 5.92 Å². The van der Waals surface area contributed by atoms with E-state index in [1.807, 2.05) is 6.92 Å². The van der Waals surface area contributed by atoms with Gasteiger partial charge in [-0.3, -0.25) is 9.59 Å². The fourth-order valence-corrected chi connectivity index (χ4v) is 3.03.